The minimum Gasteiger partial charge on any atom is -0.387 e. The normalized spacial score (nSPS) is 27.4. The Morgan fingerprint density at radius 2 is 2.08 bits per heavy atom. The third kappa shape index (κ3) is 3.90. The van der Waals surface area contributed by atoms with Crippen LogP contribution >= 0.6 is 7.82 Å². The van der Waals surface area contributed by atoms with Crippen LogP contribution in [-0.2, 0) is 46.5 Å². The average Bonchev–Trinajstić information content (AvgIpc) is 3.01. The molecule has 1 aliphatic heterocycles. The Morgan fingerprint density at radius 3 is 2.75 bits per heavy atom. The third-order valence-corrected chi connectivity index (χ3v) is 3.99. The molecule has 3 heterocycles. The first-order chi connectivity index (χ1) is 10.8. The van der Waals surface area contributed by atoms with Crippen molar-refractivity contribution in [3.63, 3.8) is 0 Å². The van der Waals surface area contributed by atoms with Gasteiger partial charge in [0.1, 0.15) is 18.3 Å². The number of ether oxygens (including phenoxy) is 1. The van der Waals surface area contributed by atoms with E-state index in [0.29, 0.717) is 16.9 Å². The van der Waals surface area contributed by atoms with Crippen molar-refractivity contribution in [1.29, 1.82) is 0 Å². The first kappa shape index (κ1) is 20.0. The van der Waals surface area contributed by atoms with Crippen molar-refractivity contribution in [3.05, 3.63) is 18.3 Å². The number of aromatic nitrogens is 4. The van der Waals surface area contributed by atoms with E-state index in [1.165, 1.54) is 10.9 Å². The number of aryl methyl sites for hydroxylation is 1. The molecule has 11 nitrogen and oxygen atoms in total. The van der Waals surface area contributed by atoms with Gasteiger partial charge in [-0.25, -0.2) is 4.57 Å². The minimum atomic E-state index is -4.71. The molecule has 13 heteroatoms. The largest absolute Gasteiger partial charge is 0.469 e. The summed E-state index contributed by atoms with van der Waals surface area (Å²) >= 11 is 0. The molecule has 1 aliphatic rings. The number of rotatable bonds is 4. The van der Waals surface area contributed by atoms with Gasteiger partial charge in [0.2, 0.25) is 0 Å². The summed E-state index contributed by atoms with van der Waals surface area (Å²) in [6.07, 6.45) is -1.09. The number of hydrogen-bond donors (Lipinski definition) is 4. The zero-order valence-corrected chi connectivity index (χ0v) is 16.2. The SMILES string of the molecule is Cc1n[c-]nc2c1ncn2[C@@H]1O[C@H](COP(=O)(O)O)[C@@H](O)[C@H]1O.[Y]. The fourth-order valence-electron chi connectivity index (χ4n) is 2.37. The number of phosphoric acid groups is 1. The van der Waals surface area contributed by atoms with E-state index in [9.17, 15) is 14.8 Å². The maximum absolute atomic E-state index is 10.7. The molecule has 2 aromatic rings. The van der Waals surface area contributed by atoms with Crippen LogP contribution in [0.3, 0.4) is 0 Å². The smallest absolute Gasteiger partial charge is 0.387 e. The summed E-state index contributed by atoms with van der Waals surface area (Å²) in [6, 6.07) is 0. The molecule has 0 aliphatic carbocycles. The van der Waals surface area contributed by atoms with Gasteiger partial charge in [0.15, 0.2) is 6.23 Å². The molecule has 24 heavy (non-hydrogen) atoms. The molecule has 0 amide bonds. The van der Waals surface area contributed by atoms with E-state index in [2.05, 4.69) is 25.8 Å². The molecular weight excluding hydrogens is 420 g/mol. The zero-order chi connectivity index (χ0) is 16.8. The number of imidazole rings is 1. The van der Waals surface area contributed by atoms with Crippen molar-refractivity contribution >= 4 is 19.0 Å². The zero-order valence-electron chi connectivity index (χ0n) is 12.4. The summed E-state index contributed by atoms with van der Waals surface area (Å²) < 4.78 is 21.9. The predicted molar refractivity (Wildman–Crippen MR) is 72.8 cm³/mol. The van der Waals surface area contributed by atoms with Crippen LogP contribution in [0.4, 0.5) is 0 Å². The number of aliphatic hydroxyl groups is 2. The van der Waals surface area contributed by atoms with Gasteiger partial charge in [-0.15, -0.1) is 0 Å². The molecule has 0 saturated carbocycles. The number of aliphatic hydroxyl groups excluding tert-OH is 2. The van der Waals surface area contributed by atoms with Crippen LogP contribution in [0.25, 0.3) is 11.2 Å². The number of phosphoric ester groups is 1. The molecule has 1 saturated heterocycles. The fourth-order valence-corrected chi connectivity index (χ4v) is 2.72. The molecule has 1 fully saturated rings. The van der Waals surface area contributed by atoms with E-state index >= 15 is 0 Å². The molecule has 0 bridgehead atoms. The Bertz CT molecular complexity index is 768. The van der Waals surface area contributed by atoms with Crippen LogP contribution in [0, 0.1) is 13.3 Å². The van der Waals surface area contributed by atoms with Gasteiger partial charge >= 0.3 is 7.82 Å². The van der Waals surface area contributed by atoms with E-state index in [1.54, 1.807) is 6.92 Å². The van der Waals surface area contributed by atoms with Crippen molar-refractivity contribution in [2.75, 3.05) is 6.61 Å². The number of hydrogen-bond acceptors (Lipinski definition) is 8. The molecule has 3 rings (SSSR count). The van der Waals surface area contributed by atoms with Gasteiger partial charge in [0, 0.05) is 44.6 Å². The minimum absolute atomic E-state index is 0. The maximum Gasteiger partial charge on any atom is 0.469 e. The molecule has 4 N–H and O–H groups in total. The standard InChI is InChI=1S/C11H14N4O7P.Y/c1-5-7-10(13-3-12-5)15(4-14-7)11-9(17)8(16)6(22-11)2-21-23(18,19)20;/h4,6,8-9,11,16-17H,2H2,1H3,(H2,18,19,20);/q-1;/t6-,8-,9-,11-;/m1./s1. The fraction of sp³-hybridized carbons (Fsp3) is 0.545. The van der Waals surface area contributed by atoms with Crippen molar-refractivity contribution in [2.45, 2.75) is 31.5 Å². The number of fused-ring (bicyclic) bond motifs is 1. The van der Waals surface area contributed by atoms with E-state index in [-0.39, 0.29) is 32.7 Å². The topological polar surface area (TPSA) is 160 Å². The second-order valence-corrected chi connectivity index (χ2v) is 6.31. The monoisotopic (exact) mass is 434 g/mol. The summed E-state index contributed by atoms with van der Waals surface area (Å²) in [6.45, 7) is 1.14. The Morgan fingerprint density at radius 1 is 1.38 bits per heavy atom. The van der Waals surface area contributed by atoms with E-state index in [4.69, 9.17) is 14.5 Å². The summed E-state index contributed by atoms with van der Waals surface area (Å²) in [7, 11) is -4.71. The van der Waals surface area contributed by atoms with Gasteiger partial charge in [-0.2, -0.15) is 0 Å². The molecule has 2 aromatic heterocycles. The quantitative estimate of drug-likeness (QED) is 0.335. The maximum atomic E-state index is 10.7. The molecular formula is C11H14N4O7PY-. The van der Waals surface area contributed by atoms with Gasteiger partial charge in [-0.05, 0) is 5.69 Å². The van der Waals surface area contributed by atoms with Crippen molar-refractivity contribution in [1.82, 2.24) is 19.5 Å². The molecule has 0 aromatic carbocycles. The van der Waals surface area contributed by atoms with E-state index in [1.807, 2.05) is 0 Å². The molecule has 129 valence electrons. The summed E-state index contributed by atoms with van der Waals surface area (Å²) in [5.41, 5.74) is 1.43. The molecule has 4 atom stereocenters. The van der Waals surface area contributed by atoms with Gasteiger partial charge in [-0.1, -0.05) is 6.92 Å². The Labute approximate surface area is 161 Å². The Kier molecular flexibility index (Phi) is 6.23. The summed E-state index contributed by atoms with van der Waals surface area (Å²) in [5.74, 6) is 0. The summed E-state index contributed by atoms with van der Waals surface area (Å²) in [5, 5.41) is 20.1. The predicted octanol–water partition coefficient (Wildman–Crippen LogP) is -1.34. The van der Waals surface area contributed by atoms with Gasteiger partial charge < -0.3 is 39.3 Å². The van der Waals surface area contributed by atoms with Crippen molar-refractivity contribution in [2.24, 2.45) is 0 Å². The Hall–Kier alpha value is -0.356. The van der Waals surface area contributed by atoms with Crippen molar-refractivity contribution < 1.29 is 66.5 Å². The van der Waals surface area contributed by atoms with Gasteiger partial charge in [0.25, 0.3) is 0 Å². The number of nitrogens with zero attached hydrogens (tertiary/aromatic N) is 4. The first-order valence-electron chi connectivity index (χ1n) is 6.57. The van der Waals surface area contributed by atoms with Crippen LogP contribution < -0.4 is 0 Å². The molecule has 0 spiro atoms. The third-order valence-electron chi connectivity index (χ3n) is 3.50. The molecule has 1 radical (unpaired) electrons. The van der Waals surface area contributed by atoms with Crippen LogP contribution in [-0.4, -0.2) is 64.4 Å². The van der Waals surface area contributed by atoms with Crippen LogP contribution in [0.5, 0.6) is 0 Å². The van der Waals surface area contributed by atoms with Gasteiger partial charge in [-0.3, -0.25) is 9.51 Å². The van der Waals surface area contributed by atoms with Crippen LogP contribution in [0.2, 0.25) is 0 Å². The second-order valence-electron chi connectivity index (χ2n) is 5.07. The molecule has 0 unspecified atom stereocenters. The Balaban J connectivity index is 0.00000208. The first-order valence-corrected chi connectivity index (χ1v) is 8.10. The van der Waals surface area contributed by atoms with Crippen LogP contribution in [0.1, 0.15) is 11.9 Å². The second kappa shape index (κ2) is 7.49. The summed E-state index contributed by atoms with van der Waals surface area (Å²) in [4.78, 5) is 29.4. The van der Waals surface area contributed by atoms with E-state index < -0.39 is 39.0 Å². The van der Waals surface area contributed by atoms with Crippen molar-refractivity contribution in [3.8, 4) is 0 Å². The van der Waals surface area contributed by atoms with E-state index in [0.717, 1.165) is 0 Å². The van der Waals surface area contributed by atoms with Crippen LogP contribution in [0.15, 0.2) is 6.33 Å². The average molecular weight is 434 g/mol. The van der Waals surface area contributed by atoms with Gasteiger partial charge in [0.05, 0.1) is 18.6 Å².